The number of halogens is 6. The second-order valence-corrected chi connectivity index (χ2v) is 8.65. The molecular formula is C29H18F6N4O2. The molecule has 3 aromatic carbocycles. The predicted molar refractivity (Wildman–Crippen MR) is 136 cm³/mol. The van der Waals surface area contributed by atoms with E-state index in [1.807, 2.05) is 5.32 Å². The van der Waals surface area contributed by atoms with Crippen LogP contribution in [0.3, 0.4) is 0 Å². The van der Waals surface area contributed by atoms with Gasteiger partial charge < -0.3 is 10.6 Å². The fraction of sp³-hybridized carbons (Fsp3) is 0.103. The Kier molecular flexibility index (Phi) is 8.09. The van der Waals surface area contributed by atoms with E-state index in [1.165, 1.54) is 12.1 Å². The van der Waals surface area contributed by atoms with Gasteiger partial charge in [0, 0.05) is 12.2 Å². The Bertz CT molecular complexity index is 1630. The van der Waals surface area contributed by atoms with Crippen molar-refractivity contribution in [3.05, 3.63) is 119 Å². The van der Waals surface area contributed by atoms with Gasteiger partial charge in [0.05, 0.1) is 22.8 Å². The van der Waals surface area contributed by atoms with Gasteiger partial charge in [0.2, 0.25) is 0 Å². The van der Waals surface area contributed by atoms with Crippen LogP contribution in [0.2, 0.25) is 0 Å². The van der Waals surface area contributed by atoms with E-state index in [2.05, 4.69) is 16.4 Å². The Morgan fingerprint density at radius 1 is 0.732 bits per heavy atom. The van der Waals surface area contributed by atoms with Crippen LogP contribution >= 0.6 is 0 Å². The van der Waals surface area contributed by atoms with Gasteiger partial charge in [-0.1, -0.05) is 48.5 Å². The first-order valence-electron chi connectivity index (χ1n) is 11.8. The van der Waals surface area contributed by atoms with E-state index >= 15 is 0 Å². The van der Waals surface area contributed by atoms with Gasteiger partial charge in [-0.15, -0.1) is 0 Å². The Morgan fingerprint density at radius 2 is 1.29 bits per heavy atom. The number of hydrogen-bond acceptors (Lipinski definition) is 4. The highest BCUT2D eigenvalue weighted by molar-refractivity contribution is 6.04. The topological polar surface area (TPSA) is 94.9 Å². The maximum atomic E-state index is 13.1. The molecule has 1 heterocycles. The van der Waals surface area contributed by atoms with Crippen LogP contribution in [0.4, 0.5) is 32.0 Å². The summed E-state index contributed by atoms with van der Waals surface area (Å²) in [7, 11) is 0. The molecule has 0 atom stereocenters. The number of alkyl halides is 6. The average molecular weight is 568 g/mol. The summed E-state index contributed by atoms with van der Waals surface area (Å²) in [6.45, 7) is 0.0251. The number of benzene rings is 3. The molecule has 0 saturated heterocycles. The molecule has 0 aliphatic heterocycles. The Balaban J connectivity index is 1.52. The molecule has 0 spiro atoms. The highest BCUT2D eigenvalue weighted by Gasteiger charge is 2.37. The quantitative estimate of drug-likeness (QED) is 0.249. The number of carbonyl (C=O) groups excluding carboxylic acids is 2. The molecule has 6 nitrogen and oxygen atoms in total. The van der Waals surface area contributed by atoms with E-state index in [0.717, 1.165) is 6.07 Å². The van der Waals surface area contributed by atoms with Gasteiger partial charge in [0.15, 0.2) is 0 Å². The third kappa shape index (κ3) is 6.88. The van der Waals surface area contributed by atoms with E-state index in [0.29, 0.717) is 34.4 Å². The van der Waals surface area contributed by atoms with Crippen molar-refractivity contribution < 1.29 is 35.9 Å². The Morgan fingerprint density at radius 3 is 1.90 bits per heavy atom. The van der Waals surface area contributed by atoms with Crippen LogP contribution in [0.25, 0.3) is 11.1 Å². The number of pyridine rings is 1. The summed E-state index contributed by atoms with van der Waals surface area (Å²) in [4.78, 5) is 29.4. The van der Waals surface area contributed by atoms with Gasteiger partial charge in [-0.3, -0.25) is 9.59 Å². The van der Waals surface area contributed by atoms with E-state index in [9.17, 15) is 41.2 Å². The zero-order valence-electron chi connectivity index (χ0n) is 20.8. The maximum absolute atomic E-state index is 13.1. The van der Waals surface area contributed by atoms with Crippen LogP contribution in [-0.4, -0.2) is 16.8 Å². The summed E-state index contributed by atoms with van der Waals surface area (Å²) >= 11 is 0. The Hall–Kier alpha value is -5.18. The average Bonchev–Trinajstić information content (AvgIpc) is 2.95. The first kappa shape index (κ1) is 28.8. The van der Waals surface area contributed by atoms with Crippen LogP contribution < -0.4 is 10.6 Å². The van der Waals surface area contributed by atoms with Crippen molar-refractivity contribution in [2.45, 2.75) is 18.9 Å². The molecule has 41 heavy (non-hydrogen) atoms. The molecule has 2 N–H and O–H groups in total. The summed E-state index contributed by atoms with van der Waals surface area (Å²) in [5, 5.41) is 14.1. The molecule has 208 valence electrons. The lowest BCUT2D eigenvalue weighted by molar-refractivity contribution is -0.143. The van der Waals surface area contributed by atoms with E-state index in [1.54, 1.807) is 48.5 Å². The van der Waals surface area contributed by atoms with Gasteiger partial charge in [0.25, 0.3) is 11.8 Å². The first-order valence-corrected chi connectivity index (χ1v) is 11.8. The highest BCUT2D eigenvalue weighted by atomic mass is 19.4. The monoisotopic (exact) mass is 568 g/mol. The van der Waals surface area contributed by atoms with Gasteiger partial charge >= 0.3 is 12.4 Å². The first-order chi connectivity index (χ1) is 19.4. The van der Waals surface area contributed by atoms with E-state index < -0.39 is 46.7 Å². The van der Waals surface area contributed by atoms with E-state index in [-0.39, 0.29) is 18.3 Å². The smallest absolute Gasteiger partial charge is 0.347 e. The van der Waals surface area contributed by atoms with Gasteiger partial charge in [-0.2, -0.15) is 31.6 Å². The van der Waals surface area contributed by atoms with Crippen molar-refractivity contribution in [2.75, 3.05) is 5.32 Å². The minimum absolute atomic E-state index is 0.0251. The molecule has 0 aliphatic carbocycles. The molecule has 4 aromatic rings. The number of hydrogen-bond donors (Lipinski definition) is 2. The number of nitriles is 1. The second kappa shape index (κ2) is 11.5. The summed E-state index contributed by atoms with van der Waals surface area (Å²) in [5.74, 6) is -1.81. The molecule has 0 radical (unpaired) electrons. The van der Waals surface area contributed by atoms with Crippen LogP contribution in [-0.2, 0) is 18.9 Å². The maximum Gasteiger partial charge on any atom is 0.416 e. The van der Waals surface area contributed by atoms with Crippen molar-refractivity contribution in [1.29, 1.82) is 5.26 Å². The number of nitrogens with one attached hydrogen (secondary N) is 2. The minimum Gasteiger partial charge on any atom is -0.347 e. The normalized spacial score (nSPS) is 11.4. The zero-order chi connectivity index (χ0) is 29.8. The molecule has 4 rings (SSSR count). The van der Waals surface area contributed by atoms with Crippen molar-refractivity contribution in [1.82, 2.24) is 10.3 Å². The lowest BCUT2D eigenvalue weighted by atomic mass is 9.96. The molecule has 2 amide bonds. The molecule has 0 bridgehead atoms. The summed E-state index contributed by atoms with van der Waals surface area (Å²) in [5.41, 5.74) is -2.06. The van der Waals surface area contributed by atoms with Gasteiger partial charge in [-0.05, 0) is 53.1 Å². The highest BCUT2D eigenvalue weighted by Crippen LogP contribution is 2.37. The molecule has 0 fully saturated rings. The summed E-state index contributed by atoms with van der Waals surface area (Å²) < 4.78 is 78.9. The van der Waals surface area contributed by atoms with Crippen molar-refractivity contribution in [3.63, 3.8) is 0 Å². The molecule has 1 aromatic heterocycles. The number of rotatable bonds is 6. The fourth-order valence-corrected chi connectivity index (χ4v) is 3.93. The van der Waals surface area contributed by atoms with Gasteiger partial charge in [0.1, 0.15) is 11.4 Å². The summed E-state index contributed by atoms with van der Waals surface area (Å²) in [6.07, 6.45) is -10.2. The number of aromatic nitrogens is 1. The lowest BCUT2D eigenvalue weighted by Gasteiger charge is -2.15. The predicted octanol–water partition coefficient (Wildman–Crippen LogP) is 6.84. The number of anilines is 1. The van der Waals surface area contributed by atoms with Crippen LogP contribution in [0.1, 0.15) is 43.2 Å². The van der Waals surface area contributed by atoms with Crippen molar-refractivity contribution >= 4 is 17.5 Å². The molecule has 0 aliphatic rings. The third-order valence-corrected chi connectivity index (χ3v) is 5.85. The SMILES string of the molecule is N#Cc1ccccc1-c1ccccc1CNC(=O)c1cccc(C(=O)Nc2cc(C(F)(F)F)cc(C(F)(F)F)c2)n1. The zero-order valence-corrected chi connectivity index (χ0v) is 20.8. The van der Waals surface area contributed by atoms with Crippen LogP contribution in [0.15, 0.2) is 84.9 Å². The summed E-state index contributed by atoms with van der Waals surface area (Å²) in [6, 6.07) is 20.5. The minimum atomic E-state index is -5.09. The standard InChI is InChI=1S/C29H18F6N4O2/c30-28(31,32)19-12-20(29(33,34)35)14-21(13-19)38-27(41)25-11-5-10-24(39-25)26(40)37-16-18-7-2-4-9-23(18)22-8-3-1-6-17(22)15-36/h1-14H,16H2,(H,37,40)(H,38,41). The molecular weight excluding hydrogens is 550 g/mol. The van der Waals surface area contributed by atoms with Crippen molar-refractivity contribution in [3.8, 4) is 17.2 Å². The van der Waals surface area contributed by atoms with Crippen LogP contribution in [0, 0.1) is 11.3 Å². The van der Waals surface area contributed by atoms with Crippen molar-refractivity contribution in [2.24, 2.45) is 0 Å². The fourth-order valence-electron chi connectivity index (χ4n) is 3.93. The van der Waals surface area contributed by atoms with Gasteiger partial charge in [-0.25, -0.2) is 4.98 Å². The molecule has 12 heteroatoms. The molecule has 0 saturated carbocycles. The third-order valence-electron chi connectivity index (χ3n) is 5.85. The number of nitrogens with zero attached hydrogens (tertiary/aromatic N) is 2. The Labute approximate surface area is 229 Å². The number of carbonyl (C=O) groups is 2. The largest absolute Gasteiger partial charge is 0.416 e. The molecule has 0 unspecified atom stereocenters. The van der Waals surface area contributed by atoms with E-state index in [4.69, 9.17) is 0 Å². The second-order valence-electron chi connectivity index (χ2n) is 8.65. The van der Waals surface area contributed by atoms with Crippen LogP contribution in [0.5, 0.6) is 0 Å². The number of amides is 2. The lowest BCUT2D eigenvalue weighted by Crippen LogP contribution is -2.25.